The Morgan fingerprint density at radius 3 is 2.89 bits per heavy atom. The van der Waals surface area contributed by atoms with E-state index in [0.29, 0.717) is 22.0 Å². The summed E-state index contributed by atoms with van der Waals surface area (Å²) in [6.07, 6.45) is 5.42. The zero-order chi connectivity index (χ0) is 19.6. The van der Waals surface area contributed by atoms with Crippen LogP contribution in [0.2, 0.25) is 0 Å². The van der Waals surface area contributed by atoms with Crippen molar-refractivity contribution in [3.63, 3.8) is 0 Å². The van der Waals surface area contributed by atoms with Crippen LogP contribution in [0.3, 0.4) is 0 Å². The van der Waals surface area contributed by atoms with E-state index in [0.717, 1.165) is 29.7 Å². The minimum absolute atomic E-state index is 0.0476. The number of nitrogens with zero attached hydrogens (tertiary/aromatic N) is 1. The van der Waals surface area contributed by atoms with E-state index in [1.807, 2.05) is 0 Å². The molecule has 1 aliphatic rings. The fourth-order valence-corrected chi connectivity index (χ4v) is 4.59. The molecule has 1 aromatic carbocycles. The van der Waals surface area contributed by atoms with Crippen LogP contribution in [0.15, 0.2) is 30.3 Å². The van der Waals surface area contributed by atoms with Gasteiger partial charge in [0.2, 0.25) is 5.91 Å². The molecule has 0 aliphatic heterocycles. The lowest BCUT2D eigenvalue weighted by molar-refractivity contribution is -0.384. The molecule has 1 atom stereocenters. The smallest absolute Gasteiger partial charge is 0.270 e. The molecule has 0 fully saturated rings. The maximum atomic E-state index is 12.3. The summed E-state index contributed by atoms with van der Waals surface area (Å²) in [6.45, 7) is 2.16. The second-order valence-corrected chi connectivity index (χ2v) is 7.70. The molecule has 0 spiro atoms. The van der Waals surface area contributed by atoms with Gasteiger partial charge < -0.3 is 11.1 Å². The largest absolute Gasteiger partial charge is 0.365 e. The van der Waals surface area contributed by atoms with Crippen LogP contribution in [0.1, 0.15) is 39.7 Å². The molecule has 7 nitrogen and oxygen atoms in total. The number of nitro benzene ring substituents is 1. The summed E-state index contributed by atoms with van der Waals surface area (Å²) in [5.41, 5.74) is 7.38. The molecular weight excluding hydrogens is 366 g/mol. The molecule has 0 bridgehead atoms. The first-order valence-electron chi connectivity index (χ1n) is 8.53. The van der Waals surface area contributed by atoms with E-state index in [1.165, 1.54) is 35.6 Å². The summed E-state index contributed by atoms with van der Waals surface area (Å²) in [6, 6.07) is 5.98. The van der Waals surface area contributed by atoms with Crippen molar-refractivity contribution < 1.29 is 14.5 Å². The molecule has 1 aromatic heterocycles. The Balaban J connectivity index is 1.79. The van der Waals surface area contributed by atoms with Crippen LogP contribution >= 0.6 is 11.3 Å². The number of carbonyl (C=O) groups excluding carboxylic acids is 2. The number of thiophene rings is 1. The van der Waals surface area contributed by atoms with Gasteiger partial charge in [-0.3, -0.25) is 19.7 Å². The van der Waals surface area contributed by atoms with E-state index in [2.05, 4.69) is 12.2 Å². The van der Waals surface area contributed by atoms with Gasteiger partial charge in [0.05, 0.1) is 10.5 Å². The van der Waals surface area contributed by atoms with E-state index < -0.39 is 16.7 Å². The number of carbonyl (C=O) groups is 2. The van der Waals surface area contributed by atoms with Gasteiger partial charge in [-0.1, -0.05) is 19.1 Å². The number of hydrogen-bond donors (Lipinski definition) is 2. The molecule has 2 aromatic rings. The van der Waals surface area contributed by atoms with Crippen molar-refractivity contribution in [1.82, 2.24) is 0 Å². The predicted molar refractivity (Wildman–Crippen MR) is 105 cm³/mol. The maximum absolute atomic E-state index is 12.3. The first-order chi connectivity index (χ1) is 12.8. The van der Waals surface area contributed by atoms with E-state index >= 15 is 0 Å². The number of hydrogen-bond acceptors (Lipinski definition) is 5. The molecule has 140 valence electrons. The van der Waals surface area contributed by atoms with Crippen molar-refractivity contribution in [2.75, 3.05) is 5.32 Å². The van der Waals surface area contributed by atoms with Gasteiger partial charge in [-0.15, -0.1) is 11.3 Å². The minimum atomic E-state index is -0.542. The molecule has 8 heteroatoms. The Morgan fingerprint density at radius 2 is 2.19 bits per heavy atom. The van der Waals surface area contributed by atoms with Gasteiger partial charge in [-0.25, -0.2) is 0 Å². The van der Waals surface area contributed by atoms with Crippen molar-refractivity contribution in [1.29, 1.82) is 0 Å². The predicted octanol–water partition coefficient (Wildman–Crippen LogP) is 3.53. The highest BCUT2D eigenvalue weighted by Crippen LogP contribution is 2.39. The SMILES string of the molecule is CC1CCc2c(sc(NC(=O)/C=C/c3cccc([N+](=O)[O-])c3)c2C(N)=O)C1. The first kappa shape index (κ1) is 18.8. The van der Waals surface area contributed by atoms with Crippen LogP contribution in [0, 0.1) is 16.0 Å². The van der Waals surface area contributed by atoms with Crippen LogP contribution in [0.4, 0.5) is 10.7 Å². The summed E-state index contributed by atoms with van der Waals surface area (Å²) in [4.78, 5) is 35.6. The first-order valence-corrected chi connectivity index (χ1v) is 9.34. The van der Waals surface area contributed by atoms with E-state index in [-0.39, 0.29) is 5.69 Å². The Kier molecular flexibility index (Phi) is 5.36. The fourth-order valence-electron chi connectivity index (χ4n) is 3.17. The average molecular weight is 385 g/mol. The zero-order valence-corrected chi connectivity index (χ0v) is 15.5. The number of non-ortho nitro benzene ring substituents is 1. The van der Waals surface area contributed by atoms with E-state index in [9.17, 15) is 19.7 Å². The fraction of sp³-hybridized carbons (Fsp3) is 0.263. The second-order valence-electron chi connectivity index (χ2n) is 6.59. The molecular formula is C19H19N3O4S. The Morgan fingerprint density at radius 1 is 1.41 bits per heavy atom. The van der Waals surface area contributed by atoms with Crippen molar-refractivity contribution in [2.45, 2.75) is 26.2 Å². The highest BCUT2D eigenvalue weighted by molar-refractivity contribution is 7.17. The van der Waals surface area contributed by atoms with Crippen molar-refractivity contribution in [2.24, 2.45) is 11.7 Å². The Hall–Kier alpha value is -3.00. The third-order valence-corrected chi connectivity index (χ3v) is 5.67. The van der Waals surface area contributed by atoms with Crippen LogP contribution in [0.25, 0.3) is 6.08 Å². The lowest BCUT2D eigenvalue weighted by Gasteiger charge is -2.18. The standard InChI is InChI=1S/C19H19N3O4S/c1-11-5-7-14-15(9-11)27-19(17(14)18(20)24)21-16(23)8-6-12-3-2-4-13(10-12)22(25)26/h2-4,6,8,10-11H,5,7,9H2,1H3,(H2,20,24)(H,21,23)/b8-6+. The number of nitrogens with two attached hydrogens (primary N) is 1. The summed E-state index contributed by atoms with van der Waals surface area (Å²) >= 11 is 1.39. The van der Waals surface area contributed by atoms with Gasteiger partial charge in [-0.2, -0.15) is 0 Å². The van der Waals surface area contributed by atoms with Crippen LogP contribution < -0.4 is 11.1 Å². The van der Waals surface area contributed by atoms with Crippen molar-refractivity contribution in [3.8, 4) is 0 Å². The quantitative estimate of drug-likeness (QED) is 0.465. The Labute approximate surface area is 160 Å². The summed E-state index contributed by atoms with van der Waals surface area (Å²) in [5, 5.41) is 14.0. The highest BCUT2D eigenvalue weighted by atomic mass is 32.1. The molecule has 0 saturated carbocycles. The van der Waals surface area contributed by atoms with Gasteiger partial charge in [0.25, 0.3) is 11.6 Å². The molecule has 3 N–H and O–H groups in total. The van der Waals surface area contributed by atoms with E-state index in [1.54, 1.807) is 12.1 Å². The number of nitro groups is 1. The Bertz CT molecular complexity index is 948. The van der Waals surface area contributed by atoms with Gasteiger partial charge in [0.15, 0.2) is 0 Å². The van der Waals surface area contributed by atoms with E-state index in [4.69, 9.17) is 5.73 Å². The van der Waals surface area contributed by atoms with Gasteiger partial charge in [0, 0.05) is 23.1 Å². The number of rotatable bonds is 5. The summed E-state index contributed by atoms with van der Waals surface area (Å²) < 4.78 is 0. The summed E-state index contributed by atoms with van der Waals surface area (Å²) in [5.74, 6) is -0.426. The monoisotopic (exact) mass is 385 g/mol. The average Bonchev–Trinajstić information content (AvgIpc) is 2.97. The number of anilines is 1. The molecule has 1 unspecified atom stereocenters. The third-order valence-electron chi connectivity index (χ3n) is 4.50. The van der Waals surface area contributed by atoms with Gasteiger partial charge >= 0.3 is 0 Å². The molecule has 1 aliphatic carbocycles. The lowest BCUT2D eigenvalue weighted by Crippen LogP contribution is -2.18. The molecule has 3 rings (SSSR count). The number of nitrogens with one attached hydrogen (secondary N) is 1. The zero-order valence-electron chi connectivity index (χ0n) is 14.7. The number of benzene rings is 1. The maximum Gasteiger partial charge on any atom is 0.270 e. The minimum Gasteiger partial charge on any atom is -0.365 e. The molecule has 0 radical (unpaired) electrons. The number of primary amides is 1. The number of amides is 2. The van der Waals surface area contributed by atoms with Crippen LogP contribution in [-0.2, 0) is 17.6 Å². The van der Waals surface area contributed by atoms with Crippen molar-refractivity contribution >= 4 is 39.9 Å². The normalized spacial score (nSPS) is 16.1. The van der Waals surface area contributed by atoms with Gasteiger partial charge in [-0.05, 0) is 42.4 Å². The molecule has 0 saturated heterocycles. The van der Waals surface area contributed by atoms with Crippen molar-refractivity contribution in [3.05, 3.63) is 62.0 Å². The number of fused-ring (bicyclic) bond motifs is 1. The topological polar surface area (TPSA) is 115 Å². The molecule has 1 heterocycles. The molecule has 27 heavy (non-hydrogen) atoms. The lowest BCUT2D eigenvalue weighted by atomic mass is 9.88. The summed E-state index contributed by atoms with van der Waals surface area (Å²) in [7, 11) is 0. The van der Waals surface area contributed by atoms with Gasteiger partial charge in [0.1, 0.15) is 5.00 Å². The van der Waals surface area contributed by atoms with Crippen LogP contribution in [0.5, 0.6) is 0 Å². The van der Waals surface area contributed by atoms with Crippen LogP contribution in [-0.4, -0.2) is 16.7 Å². The second kappa shape index (κ2) is 7.71. The molecule has 2 amide bonds. The highest BCUT2D eigenvalue weighted by Gasteiger charge is 2.26. The third kappa shape index (κ3) is 4.22.